The summed E-state index contributed by atoms with van der Waals surface area (Å²) in [6.07, 6.45) is 9.70. The van der Waals surface area contributed by atoms with E-state index in [-0.39, 0.29) is 11.8 Å². The van der Waals surface area contributed by atoms with Crippen LogP contribution in [0.5, 0.6) is 0 Å². The summed E-state index contributed by atoms with van der Waals surface area (Å²) < 4.78 is 0. The Hall–Kier alpha value is -1.72. The minimum absolute atomic E-state index is 0.126. The van der Waals surface area contributed by atoms with Crippen LogP contribution in [-0.4, -0.2) is 54.5 Å². The van der Waals surface area contributed by atoms with Gasteiger partial charge in [0.1, 0.15) is 0 Å². The third-order valence-electron chi connectivity index (χ3n) is 5.42. The molecule has 0 spiro atoms. The van der Waals surface area contributed by atoms with Gasteiger partial charge >= 0.3 is 0 Å². The molecule has 3 rings (SSSR count). The van der Waals surface area contributed by atoms with E-state index < -0.39 is 0 Å². The highest BCUT2D eigenvalue weighted by atomic mass is 16.2. The number of amides is 2. The highest BCUT2D eigenvalue weighted by molar-refractivity contribution is 6.21. The Morgan fingerprint density at radius 3 is 1.85 bits per heavy atom. The van der Waals surface area contributed by atoms with Crippen LogP contribution in [-0.2, 0) is 0 Å². The van der Waals surface area contributed by atoms with Crippen molar-refractivity contribution in [2.24, 2.45) is 0 Å². The molecule has 2 heterocycles. The van der Waals surface area contributed by atoms with Crippen molar-refractivity contribution in [3.05, 3.63) is 35.4 Å². The molecule has 2 amide bonds. The van der Waals surface area contributed by atoms with E-state index in [0.717, 1.165) is 26.1 Å². The first kappa shape index (κ1) is 19.1. The van der Waals surface area contributed by atoms with Gasteiger partial charge in [-0.05, 0) is 31.5 Å². The highest BCUT2D eigenvalue weighted by Crippen LogP contribution is 2.23. The zero-order valence-corrected chi connectivity index (χ0v) is 15.7. The lowest BCUT2D eigenvalue weighted by molar-refractivity contribution is 0.0651. The van der Waals surface area contributed by atoms with Crippen LogP contribution in [0.3, 0.4) is 0 Å². The quantitative estimate of drug-likeness (QED) is 0.488. The maximum Gasteiger partial charge on any atom is 0.261 e. The van der Waals surface area contributed by atoms with E-state index in [1.165, 1.54) is 56.5 Å². The van der Waals surface area contributed by atoms with E-state index >= 15 is 0 Å². The first-order valence-corrected chi connectivity index (χ1v) is 10.2. The van der Waals surface area contributed by atoms with E-state index in [1.54, 1.807) is 12.1 Å². The molecule has 2 aliphatic rings. The molecule has 0 bridgehead atoms. The lowest BCUT2D eigenvalue weighted by Crippen LogP contribution is -2.30. The van der Waals surface area contributed by atoms with E-state index in [0.29, 0.717) is 17.7 Å². The number of carbonyl (C=O) groups is 2. The van der Waals surface area contributed by atoms with Gasteiger partial charge in [0.15, 0.2) is 0 Å². The van der Waals surface area contributed by atoms with Gasteiger partial charge in [-0.3, -0.25) is 19.4 Å². The number of unbranched alkanes of at least 4 members (excludes halogenated alkanes) is 7. The van der Waals surface area contributed by atoms with Gasteiger partial charge in [-0.1, -0.05) is 50.7 Å². The number of hydrogen-bond donors (Lipinski definition) is 1. The zero-order chi connectivity index (χ0) is 18.2. The Labute approximate surface area is 156 Å². The number of carbonyl (C=O) groups excluding carboxylic acids is 2. The number of imide groups is 1. The molecule has 0 unspecified atom stereocenters. The molecular weight excluding hydrogens is 326 g/mol. The molecule has 5 heteroatoms. The Morgan fingerprint density at radius 2 is 1.31 bits per heavy atom. The van der Waals surface area contributed by atoms with Gasteiger partial charge in [-0.2, -0.15) is 0 Å². The normalized spacial score (nSPS) is 17.3. The fourth-order valence-corrected chi connectivity index (χ4v) is 3.85. The molecule has 2 aliphatic heterocycles. The Morgan fingerprint density at radius 1 is 0.769 bits per heavy atom. The SMILES string of the molecule is O=C1c2ccccc2C(=O)N1CCCCCCCCCCN1CCNC1. The van der Waals surface area contributed by atoms with Crippen LogP contribution in [0.15, 0.2) is 24.3 Å². The molecule has 1 aromatic carbocycles. The monoisotopic (exact) mass is 357 g/mol. The molecule has 1 saturated heterocycles. The van der Waals surface area contributed by atoms with Crippen molar-refractivity contribution in [3.63, 3.8) is 0 Å². The number of benzene rings is 1. The summed E-state index contributed by atoms with van der Waals surface area (Å²) in [7, 11) is 0. The third kappa shape index (κ3) is 4.92. The molecule has 0 aromatic heterocycles. The number of hydrogen-bond acceptors (Lipinski definition) is 4. The Bertz CT molecular complexity index is 576. The topological polar surface area (TPSA) is 52.7 Å². The van der Waals surface area contributed by atoms with Gasteiger partial charge in [0, 0.05) is 26.3 Å². The molecule has 5 nitrogen and oxygen atoms in total. The molecule has 1 N–H and O–H groups in total. The number of rotatable bonds is 11. The van der Waals surface area contributed by atoms with E-state index in [4.69, 9.17) is 0 Å². The first-order chi connectivity index (χ1) is 12.8. The average molecular weight is 357 g/mol. The van der Waals surface area contributed by atoms with Crippen molar-refractivity contribution in [2.45, 2.75) is 51.4 Å². The predicted molar refractivity (Wildman–Crippen MR) is 103 cm³/mol. The van der Waals surface area contributed by atoms with Gasteiger partial charge in [-0.25, -0.2) is 0 Å². The van der Waals surface area contributed by atoms with Crippen molar-refractivity contribution in [1.82, 2.24) is 15.1 Å². The summed E-state index contributed by atoms with van der Waals surface area (Å²) >= 11 is 0. The lowest BCUT2D eigenvalue weighted by atomic mass is 10.1. The van der Waals surface area contributed by atoms with Crippen LogP contribution in [0, 0.1) is 0 Å². The molecule has 0 aliphatic carbocycles. The van der Waals surface area contributed by atoms with Crippen LogP contribution in [0.25, 0.3) is 0 Å². The van der Waals surface area contributed by atoms with Crippen molar-refractivity contribution in [1.29, 1.82) is 0 Å². The third-order valence-corrected chi connectivity index (χ3v) is 5.42. The fourth-order valence-electron chi connectivity index (χ4n) is 3.85. The summed E-state index contributed by atoms with van der Waals surface area (Å²) in [5, 5.41) is 3.36. The van der Waals surface area contributed by atoms with E-state index in [2.05, 4.69) is 10.2 Å². The predicted octanol–water partition coefficient (Wildman–Crippen LogP) is 3.27. The largest absolute Gasteiger partial charge is 0.303 e. The Balaban J connectivity index is 1.20. The second kappa shape index (κ2) is 9.83. The van der Waals surface area contributed by atoms with Crippen molar-refractivity contribution in [3.8, 4) is 0 Å². The second-order valence-electron chi connectivity index (χ2n) is 7.41. The molecule has 0 radical (unpaired) electrons. The van der Waals surface area contributed by atoms with Gasteiger partial charge in [0.25, 0.3) is 11.8 Å². The summed E-state index contributed by atoms with van der Waals surface area (Å²) in [4.78, 5) is 28.4. The molecule has 1 fully saturated rings. The minimum atomic E-state index is -0.126. The van der Waals surface area contributed by atoms with Crippen molar-refractivity contribution >= 4 is 11.8 Å². The number of nitrogens with zero attached hydrogens (tertiary/aromatic N) is 2. The Kier molecular flexibility index (Phi) is 7.21. The molecule has 142 valence electrons. The standard InChI is InChI=1S/C21H31N3O2/c25-20-18-11-7-8-12-19(18)21(26)24(20)15-10-6-4-2-1-3-5-9-14-23-16-13-22-17-23/h7-8,11-12,22H,1-6,9-10,13-17H2. The minimum Gasteiger partial charge on any atom is -0.303 e. The van der Waals surface area contributed by atoms with E-state index in [1.807, 2.05) is 12.1 Å². The molecule has 0 atom stereocenters. The summed E-state index contributed by atoms with van der Waals surface area (Å²) in [5.41, 5.74) is 1.12. The maximum absolute atomic E-state index is 12.3. The second-order valence-corrected chi connectivity index (χ2v) is 7.41. The molecule has 1 aromatic rings. The summed E-state index contributed by atoms with van der Waals surface area (Å²) in [6, 6.07) is 7.12. The first-order valence-electron chi connectivity index (χ1n) is 10.2. The smallest absolute Gasteiger partial charge is 0.261 e. The molecule has 0 saturated carbocycles. The average Bonchev–Trinajstić information content (AvgIpc) is 3.26. The summed E-state index contributed by atoms with van der Waals surface area (Å²) in [6.45, 7) is 5.18. The van der Waals surface area contributed by atoms with Gasteiger partial charge in [0.2, 0.25) is 0 Å². The van der Waals surface area contributed by atoms with Gasteiger partial charge in [-0.15, -0.1) is 0 Å². The maximum atomic E-state index is 12.3. The lowest BCUT2D eigenvalue weighted by Gasteiger charge is -2.13. The number of fused-ring (bicyclic) bond motifs is 1. The van der Waals surface area contributed by atoms with Gasteiger partial charge in [0.05, 0.1) is 11.1 Å². The van der Waals surface area contributed by atoms with Crippen molar-refractivity contribution < 1.29 is 9.59 Å². The summed E-state index contributed by atoms with van der Waals surface area (Å²) in [5.74, 6) is -0.252. The van der Waals surface area contributed by atoms with Crippen LogP contribution in [0.1, 0.15) is 72.1 Å². The van der Waals surface area contributed by atoms with E-state index in [9.17, 15) is 9.59 Å². The zero-order valence-electron chi connectivity index (χ0n) is 15.7. The van der Waals surface area contributed by atoms with Crippen LogP contribution in [0.4, 0.5) is 0 Å². The van der Waals surface area contributed by atoms with Crippen LogP contribution < -0.4 is 5.32 Å². The highest BCUT2D eigenvalue weighted by Gasteiger charge is 2.34. The molecule has 26 heavy (non-hydrogen) atoms. The van der Waals surface area contributed by atoms with Crippen molar-refractivity contribution in [2.75, 3.05) is 32.8 Å². The molecular formula is C21H31N3O2. The fraction of sp³-hybridized carbons (Fsp3) is 0.619. The number of nitrogens with one attached hydrogen (secondary N) is 1. The van der Waals surface area contributed by atoms with Crippen LogP contribution in [0.2, 0.25) is 0 Å². The van der Waals surface area contributed by atoms with Gasteiger partial charge < -0.3 is 5.32 Å². The van der Waals surface area contributed by atoms with Crippen LogP contribution >= 0.6 is 0 Å².